The molecule has 1 aliphatic rings. The van der Waals surface area contributed by atoms with Crippen LogP contribution in [0.3, 0.4) is 0 Å². The molecular formula is C32H38BrN5O4. The number of nitrogens with one attached hydrogen (secondary N) is 2. The van der Waals surface area contributed by atoms with Crippen LogP contribution in [0, 0.1) is 0 Å². The summed E-state index contributed by atoms with van der Waals surface area (Å²) < 4.78 is 5.99. The van der Waals surface area contributed by atoms with Gasteiger partial charge in [-0.05, 0) is 83.2 Å². The van der Waals surface area contributed by atoms with Crippen molar-refractivity contribution < 1.29 is 19.1 Å². The molecule has 0 radical (unpaired) electrons. The summed E-state index contributed by atoms with van der Waals surface area (Å²) in [5.74, 6) is -0.675. The summed E-state index contributed by atoms with van der Waals surface area (Å²) in [5.41, 5.74) is 3.67. The minimum Gasteiger partial charge on any atom is -0.383 e. The third-order valence-electron chi connectivity index (χ3n) is 7.25. The van der Waals surface area contributed by atoms with Gasteiger partial charge in [-0.25, -0.2) is 4.98 Å². The number of carbonyl (C=O) groups is 3. The van der Waals surface area contributed by atoms with Gasteiger partial charge in [0.1, 0.15) is 11.9 Å². The summed E-state index contributed by atoms with van der Waals surface area (Å²) in [7, 11) is 3.75. The molecule has 4 rings (SSSR count). The monoisotopic (exact) mass is 635 g/mol. The van der Waals surface area contributed by atoms with Gasteiger partial charge in [0.05, 0.1) is 13.0 Å². The van der Waals surface area contributed by atoms with Gasteiger partial charge in [0.25, 0.3) is 5.91 Å². The normalized spacial score (nSPS) is 14.0. The molecule has 2 N–H and O–H groups in total. The Morgan fingerprint density at radius 2 is 1.76 bits per heavy atom. The summed E-state index contributed by atoms with van der Waals surface area (Å²) in [6.45, 7) is 3.48. The van der Waals surface area contributed by atoms with E-state index < -0.39 is 17.9 Å². The van der Waals surface area contributed by atoms with E-state index in [1.807, 2.05) is 24.3 Å². The number of aromatic nitrogens is 1. The number of methoxy groups -OCH3 is 1. The van der Waals surface area contributed by atoms with Gasteiger partial charge >= 0.3 is 0 Å². The summed E-state index contributed by atoms with van der Waals surface area (Å²) >= 11 is 3.32. The number of nitrogens with zero attached hydrogens (tertiary/aromatic N) is 3. The highest BCUT2D eigenvalue weighted by Crippen LogP contribution is 2.25. The third-order valence-corrected chi connectivity index (χ3v) is 7.72. The maximum absolute atomic E-state index is 13.4. The predicted molar refractivity (Wildman–Crippen MR) is 167 cm³/mol. The van der Waals surface area contributed by atoms with E-state index in [2.05, 4.69) is 55.6 Å². The zero-order chi connectivity index (χ0) is 29.9. The van der Waals surface area contributed by atoms with E-state index in [-0.39, 0.29) is 12.3 Å². The number of halogens is 1. The second-order valence-corrected chi connectivity index (χ2v) is 11.4. The van der Waals surface area contributed by atoms with Crippen LogP contribution in [0.2, 0.25) is 0 Å². The molecule has 222 valence electrons. The van der Waals surface area contributed by atoms with Crippen molar-refractivity contribution >= 4 is 39.5 Å². The number of hydrogen-bond donors (Lipinski definition) is 2. The molecule has 3 amide bonds. The number of hydrogen-bond acceptors (Lipinski definition) is 6. The fourth-order valence-electron chi connectivity index (χ4n) is 4.96. The van der Waals surface area contributed by atoms with E-state index in [0.29, 0.717) is 31.1 Å². The predicted octanol–water partition coefficient (Wildman–Crippen LogP) is 4.73. The van der Waals surface area contributed by atoms with Crippen LogP contribution >= 0.6 is 15.9 Å². The van der Waals surface area contributed by atoms with Crippen molar-refractivity contribution in [1.29, 1.82) is 0 Å². The SMILES string of the molecule is COCCN(C)Cc1ccccc1-c1ccc(C(=O)N[C@@H](CC(=O)Nc2ccc(Br)cn2)C(=O)N2CCCCC2)cc1. The molecule has 10 heteroatoms. The molecular weight excluding hydrogens is 598 g/mol. The van der Waals surface area contributed by atoms with E-state index in [1.165, 1.54) is 5.56 Å². The van der Waals surface area contributed by atoms with Crippen molar-refractivity contribution in [1.82, 2.24) is 20.1 Å². The average molecular weight is 637 g/mol. The maximum atomic E-state index is 13.4. The third kappa shape index (κ3) is 8.95. The Morgan fingerprint density at radius 3 is 2.45 bits per heavy atom. The van der Waals surface area contributed by atoms with Crippen molar-refractivity contribution in [3.05, 3.63) is 82.5 Å². The number of piperidine rings is 1. The number of likely N-dealkylation sites (tertiary alicyclic amines) is 1. The Kier molecular flexibility index (Phi) is 11.6. The molecule has 0 saturated carbocycles. The molecule has 1 aromatic heterocycles. The highest BCUT2D eigenvalue weighted by molar-refractivity contribution is 9.10. The minimum atomic E-state index is -0.992. The zero-order valence-electron chi connectivity index (χ0n) is 24.1. The van der Waals surface area contributed by atoms with Crippen molar-refractivity contribution in [3.8, 4) is 11.1 Å². The number of benzene rings is 2. The molecule has 2 heterocycles. The Hall–Kier alpha value is -3.60. The van der Waals surface area contributed by atoms with E-state index in [0.717, 1.165) is 48.0 Å². The first kappa shape index (κ1) is 31.3. The highest BCUT2D eigenvalue weighted by Gasteiger charge is 2.29. The average Bonchev–Trinajstić information content (AvgIpc) is 3.01. The molecule has 2 aromatic carbocycles. The molecule has 0 unspecified atom stereocenters. The topological polar surface area (TPSA) is 104 Å². The van der Waals surface area contributed by atoms with Gasteiger partial charge in [0.2, 0.25) is 11.8 Å². The van der Waals surface area contributed by atoms with E-state index in [1.54, 1.807) is 42.5 Å². The first-order valence-corrected chi connectivity index (χ1v) is 15.0. The Morgan fingerprint density at radius 1 is 1.02 bits per heavy atom. The molecule has 0 spiro atoms. The van der Waals surface area contributed by atoms with E-state index in [9.17, 15) is 14.4 Å². The Bertz CT molecular complexity index is 1340. The van der Waals surface area contributed by atoms with Crippen LogP contribution in [0.1, 0.15) is 41.6 Å². The van der Waals surface area contributed by atoms with Crippen LogP contribution in [0.25, 0.3) is 11.1 Å². The first-order chi connectivity index (χ1) is 20.3. The largest absolute Gasteiger partial charge is 0.383 e. The fourth-order valence-corrected chi connectivity index (χ4v) is 5.20. The number of ether oxygens (including phenoxy) is 1. The smallest absolute Gasteiger partial charge is 0.251 e. The minimum absolute atomic E-state index is 0.194. The number of pyridine rings is 1. The molecule has 0 aliphatic carbocycles. The standard InChI is InChI=1S/C32H38BrN5O4/c1-37(18-19-42-2)22-25-8-4-5-9-27(25)23-10-12-24(13-11-23)31(40)35-28(32(41)38-16-6-3-7-17-38)20-30(39)36-29-15-14-26(33)21-34-29/h4-5,8-15,21,28H,3,6-7,16-20,22H2,1-2H3,(H,35,40)(H,34,36,39)/t28-/m0/s1. The highest BCUT2D eigenvalue weighted by atomic mass is 79.9. The molecule has 9 nitrogen and oxygen atoms in total. The van der Waals surface area contributed by atoms with Gasteiger partial charge in [-0.3, -0.25) is 19.3 Å². The quantitative estimate of drug-likeness (QED) is 0.298. The molecule has 3 aromatic rings. The molecule has 1 fully saturated rings. The molecule has 1 aliphatic heterocycles. The van der Waals surface area contributed by atoms with Gasteiger partial charge in [0, 0.05) is 49.5 Å². The van der Waals surface area contributed by atoms with Crippen LogP contribution < -0.4 is 10.6 Å². The van der Waals surface area contributed by atoms with Crippen molar-refractivity contribution in [2.75, 3.05) is 45.7 Å². The Balaban J connectivity index is 1.46. The molecule has 42 heavy (non-hydrogen) atoms. The number of likely N-dealkylation sites (N-methyl/N-ethyl adjacent to an activating group) is 1. The van der Waals surface area contributed by atoms with Crippen LogP contribution in [0.15, 0.2) is 71.3 Å². The van der Waals surface area contributed by atoms with Crippen molar-refractivity contribution in [3.63, 3.8) is 0 Å². The number of rotatable bonds is 12. The van der Waals surface area contributed by atoms with Gasteiger partial charge in [-0.1, -0.05) is 36.4 Å². The van der Waals surface area contributed by atoms with Gasteiger partial charge in [0.15, 0.2) is 0 Å². The lowest BCUT2D eigenvalue weighted by molar-refractivity contribution is -0.135. The van der Waals surface area contributed by atoms with Crippen molar-refractivity contribution in [2.24, 2.45) is 0 Å². The van der Waals surface area contributed by atoms with Crippen LogP contribution in [-0.2, 0) is 20.9 Å². The summed E-state index contributed by atoms with van der Waals surface area (Å²) in [5, 5.41) is 5.56. The summed E-state index contributed by atoms with van der Waals surface area (Å²) in [6, 6.07) is 18.0. The lowest BCUT2D eigenvalue weighted by atomic mass is 9.98. The lowest BCUT2D eigenvalue weighted by Crippen LogP contribution is -2.51. The maximum Gasteiger partial charge on any atom is 0.251 e. The van der Waals surface area contributed by atoms with Gasteiger partial charge < -0.3 is 20.3 Å². The van der Waals surface area contributed by atoms with Crippen LogP contribution in [0.4, 0.5) is 5.82 Å². The van der Waals surface area contributed by atoms with Gasteiger partial charge in [-0.2, -0.15) is 0 Å². The van der Waals surface area contributed by atoms with E-state index in [4.69, 9.17) is 4.74 Å². The van der Waals surface area contributed by atoms with Crippen LogP contribution in [0.5, 0.6) is 0 Å². The number of carbonyl (C=O) groups excluding carboxylic acids is 3. The van der Waals surface area contributed by atoms with E-state index >= 15 is 0 Å². The lowest BCUT2D eigenvalue weighted by Gasteiger charge is -2.30. The number of amides is 3. The van der Waals surface area contributed by atoms with Crippen LogP contribution in [-0.4, -0.2) is 78.9 Å². The second kappa shape index (κ2) is 15.6. The summed E-state index contributed by atoms with van der Waals surface area (Å²) in [4.78, 5) is 47.7. The van der Waals surface area contributed by atoms with Crippen molar-refractivity contribution in [2.45, 2.75) is 38.3 Å². The molecule has 1 saturated heterocycles. The first-order valence-electron chi connectivity index (χ1n) is 14.2. The fraction of sp³-hybridized carbons (Fsp3) is 0.375. The zero-order valence-corrected chi connectivity index (χ0v) is 25.7. The van der Waals surface area contributed by atoms with Gasteiger partial charge in [-0.15, -0.1) is 0 Å². The Labute approximate surface area is 255 Å². The molecule has 0 bridgehead atoms. The molecule has 1 atom stereocenters. The summed E-state index contributed by atoms with van der Waals surface area (Å²) in [6.07, 6.45) is 4.27. The number of anilines is 1. The second-order valence-electron chi connectivity index (χ2n) is 10.5.